The normalized spacial score (nSPS) is 16.3. The monoisotopic (exact) mass is 383 g/mol. The number of primary amides is 1. The first-order valence-electron chi connectivity index (χ1n) is 8.70. The fourth-order valence-electron chi connectivity index (χ4n) is 2.61. The Labute approximate surface area is 158 Å². The van der Waals surface area contributed by atoms with Crippen molar-refractivity contribution < 1.29 is 14.4 Å². The molecule has 2 heterocycles. The molecule has 0 radical (unpaired) electrons. The second-order valence-corrected chi connectivity index (χ2v) is 7.82. The first kappa shape index (κ1) is 20.4. The Morgan fingerprint density at radius 3 is 2.62 bits per heavy atom. The van der Waals surface area contributed by atoms with Crippen LogP contribution >= 0.6 is 11.6 Å². The quantitative estimate of drug-likeness (QED) is 0.724. The van der Waals surface area contributed by atoms with E-state index in [-0.39, 0.29) is 16.8 Å². The Bertz CT molecular complexity index is 654. The minimum absolute atomic E-state index is 0.0615. The molecule has 0 atom stereocenters. The fourth-order valence-corrected chi connectivity index (χ4v) is 2.75. The maximum atomic E-state index is 11.9. The molecule has 2 rings (SSSR count). The average molecular weight is 384 g/mol. The topological polar surface area (TPSA) is 110 Å². The zero-order valence-corrected chi connectivity index (χ0v) is 16.2. The van der Waals surface area contributed by atoms with Crippen molar-refractivity contribution >= 4 is 29.3 Å². The number of carbonyl (C=O) groups excluding carboxylic acids is 2. The molecular formula is C17H26ClN5O3. The van der Waals surface area contributed by atoms with Crippen molar-refractivity contribution in [2.24, 2.45) is 17.1 Å². The zero-order valence-electron chi connectivity index (χ0n) is 15.4. The molecule has 3 N–H and O–H groups in total. The highest BCUT2D eigenvalue weighted by Gasteiger charge is 2.28. The number of aromatic nitrogens is 2. The number of nitrogens with two attached hydrogens (primary N) is 1. The van der Waals surface area contributed by atoms with Gasteiger partial charge in [0.1, 0.15) is 5.82 Å². The van der Waals surface area contributed by atoms with Gasteiger partial charge in [0.25, 0.3) is 5.91 Å². The second-order valence-electron chi connectivity index (χ2n) is 7.48. The molecule has 8 nitrogen and oxygen atoms in total. The van der Waals surface area contributed by atoms with E-state index in [1.54, 1.807) is 5.06 Å². The number of anilines is 1. The van der Waals surface area contributed by atoms with Crippen LogP contribution in [0.25, 0.3) is 0 Å². The number of hydrogen-bond donors (Lipinski definition) is 2. The third-order valence-corrected chi connectivity index (χ3v) is 4.45. The number of rotatable bonds is 6. The molecule has 1 aliphatic heterocycles. The van der Waals surface area contributed by atoms with Crippen LogP contribution in [-0.2, 0) is 9.63 Å². The molecular weight excluding hydrogens is 358 g/mol. The number of nitrogens with one attached hydrogen (secondary N) is 1. The fraction of sp³-hybridized carbons (Fsp3) is 0.647. The minimum atomic E-state index is -0.599. The highest BCUT2D eigenvalue weighted by atomic mass is 35.5. The predicted octanol–water partition coefficient (Wildman–Crippen LogP) is 2.25. The molecule has 1 amide bonds. The second kappa shape index (κ2) is 8.64. The summed E-state index contributed by atoms with van der Waals surface area (Å²) in [5.74, 6) is 0.0471. The summed E-state index contributed by atoms with van der Waals surface area (Å²) in [5, 5.41) is 4.92. The third kappa shape index (κ3) is 5.81. The van der Waals surface area contributed by atoms with Crippen LogP contribution in [0.15, 0.2) is 6.20 Å². The number of amides is 1. The van der Waals surface area contributed by atoms with E-state index in [0.717, 1.165) is 32.4 Å². The van der Waals surface area contributed by atoms with Gasteiger partial charge in [-0.2, -0.15) is 4.98 Å². The summed E-state index contributed by atoms with van der Waals surface area (Å²) in [6.07, 6.45) is 4.10. The van der Waals surface area contributed by atoms with Crippen LogP contribution in [0.1, 0.15) is 50.4 Å². The van der Waals surface area contributed by atoms with Crippen molar-refractivity contribution in [2.75, 3.05) is 25.0 Å². The molecule has 0 bridgehead atoms. The lowest BCUT2D eigenvalue weighted by Gasteiger charge is -2.32. The Kier molecular flexibility index (Phi) is 6.77. The van der Waals surface area contributed by atoms with Crippen LogP contribution < -0.4 is 11.1 Å². The van der Waals surface area contributed by atoms with Crippen LogP contribution in [0.5, 0.6) is 0 Å². The highest BCUT2D eigenvalue weighted by molar-refractivity contribution is 6.28. The number of carbonyl (C=O) groups is 2. The van der Waals surface area contributed by atoms with E-state index in [2.05, 4.69) is 15.3 Å². The SMILES string of the molecule is CC(C)(C)C(=O)ON1CCC(CCNc2nc(Cl)ncc2C(N)=O)CC1. The van der Waals surface area contributed by atoms with E-state index in [0.29, 0.717) is 18.3 Å². The van der Waals surface area contributed by atoms with Crippen molar-refractivity contribution in [3.63, 3.8) is 0 Å². The predicted molar refractivity (Wildman–Crippen MR) is 98.5 cm³/mol. The van der Waals surface area contributed by atoms with E-state index >= 15 is 0 Å². The van der Waals surface area contributed by atoms with Gasteiger partial charge < -0.3 is 15.9 Å². The summed E-state index contributed by atoms with van der Waals surface area (Å²) in [4.78, 5) is 36.6. The van der Waals surface area contributed by atoms with Gasteiger partial charge in [-0.25, -0.2) is 9.78 Å². The third-order valence-electron chi connectivity index (χ3n) is 4.27. The molecule has 1 saturated heterocycles. The summed E-state index contributed by atoms with van der Waals surface area (Å²) in [7, 11) is 0. The molecule has 144 valence electrons. The number of hydrogen-bond acceptors (Lipinski definition) is 7. The van der Waals surface area contributed by atoms with Crippen LogP contribution in [0.4, 0.5) is 5.82 Å². The van der Waals surface area contributed by atoms with Gasteiger partial charge >= 0.3 is 5.97 Å². The molecule has 1 fully saturated rings. The Balaban J connectivity index is 1.77. The highest BCUT2D eigenvalue weighted by Crippen LogP contribution is 2.23. The molecule has 0 aliphatic carbocycles. The van der Waals surface area contributed by atoms with Gasteiger partial charge in [0.15, 0.2) is 0 Å². The van der Waals surface area contributed by atoms with Gasteiger partial charge in [0.2, 0.25) is 5.28 Å². The van der Waals surface area contributed by atoms with Crippen LogP contribution in [0, 0.1) is 11.3 Å². The lowest BCUT2D eigenvalue weighted by atomic mass is 9.94. The van der Waals surface area contributed by atoms with Gasteiger partial charge in [-0.15, -0.1) is 5.06 Å². The zero-order chi connectivity index (χ0) is 19.3. The smallest absolute Gasteiger partial charge is 0.330 e. The Morgan fingerprint density at radius 1 is 1.38 bits per heavy atom. The number of piperidine rings is 1. The molecule has 1 aromatic heterocycles. The molecule has 1 aliphatic rings. The van der Waals surface area contributed by atoms with Gasteiger partial charge in [-0.1, -0.05) is 0 Å². The summed E-state index contributed by atoms with van der Waals surface area (Å²) in [6, 6.07) is 0. The lowest BCUT2D eigenvalue weighted by Crippen LogP contribution is -2.39. The molecule has 0 saturated carbocycles. The van der Waals surface area contributed by atoms with Crippen LogP contribution in [0.3, 0.4) is 0 Å². The van der Waals surface area contributed by atoms with E-state index in [1.165, 1.54) is 6.20 Å². The van der Waals surface area contributed by atoms with Crippen LogP contribution in [0.2, 0.25) is 5.28 Å². The van der Waals surface area contributed by atoms with Crippen LogP contribution in [-0.4, -0.2) is 46.5 Å². The van der Waals surface area contributed by atoms with Crippen molar-refractivity contribution in [3.05, 3.63) is 17.0 Å². The number of nitrogens with zero attached hydrogens (tertiary/aromatic N) is 3. The maximum Gasteiger partial charge on any atom is 0.330 e. The standard InChI is InChI=1S/C17H26ClN5O3/c1-17(2,3)15(25)26-23-8-5-11(6-9-23)4-7-20-14-12(13(19)24)10-21-16(18)22-14/h10-11H,4-9H2,1-3H3,(H2,19,24)(H,20,21,22). The van der Waals surface area contributed by atoms with E-state index in [9.17, 15) is 9.59 Å². The number of hydroxylamine groups is 2. The van der Waals surface area contributed by atoms with Gasteiger partial charge in [0.05, 0.1) is 11.0 Å². The Hall–Kier alpha value is -1.93. The molecule has 26 heavy (non-hydrogen) atoms. The van der Waals surface area contributed by atoms with Gasteiger partial charge in [0, 0.05) is 25.8 Å². The largest absolute Gasteiger partial charge is 0.369 e. The van der Waals surface area contributed by atoms with E-state index < -0.39 is 11.3 Å². The summed E-state index contributed by atoms with van der Waals surface area (Å²) in [6.45, 7) is 7.60. The summed E-state index contributed by atoms with van der Waals surface area (Å²) >= 11 is 5.78. The first-order chi connectivity index (χ1) is 12.2. The maximum absolute atomic E-state index is 11.9. The molecule has 0 spiro atoms. The van der Waals surface area contributed by atoms with Crippen molar-refractivity contribution in [1.29, 1.82) is 0 Å². The molecule has 0 aromatic carbocycles. The van der Waals surface area contributed by atoms with Crippen molar-refractivity contribution in [1.82, 2.24) is 15.0 Å². The lowest BCUT2D eigenvalue weighted by molar-refractivity contribution is -0.206. The average Bonchev–Trinajstić information content (AvgIpc) is 2.55. The van der Waals surface area contributed by atoms with Gasteiger partial charge in [-0.3, -0.25) is 4.79 Å². The number of halogens is 1. The molecule has 1 aromatic rings. The first-order valence-corrected chi connectivity index (χ1v) is 9.08. The Morgan fingerprint density at radius 2 is 2.04 bits per heavy atom. The van der Waals surface area contributed by atoms with E-state index in [1.807, 2.05) is 20.8 Å². The summed E-state index contributed by atoms with van der Waals surface area (Å²) in [5.41, 5.74) is 5.03. The van der Waals surface area contributed by atoms with E-state index in [4.69, 9.17) is 22.2 Å². The molecule has 9 heteroatoms. The minimum Gasteiger partial charge on any atom is -0.369 e. The van der Waals surface area contributed by atoms with Crippen molar-refractivity contribution in [2.45, 2.75) is 40.0 Å². The van der Waals surface area contributed by atoms with Gasteiger partial charge in [-0.05, 0) is 57.6 Å². The van der Waals surface area contributed by atoms with Crippen molar-refractivity contribution in [3.8, 4) is 0 Å². The summed E-state index contributed by atoms with van der Waals surface area (Å²) < 4.78 is 0. The molecule has 0 unspecified atom stereocenters.